The van der Waals surface area contributed by atoms with Crippen molar-refractivity contribution in [2.45, 2.75) is 30.8 Å². The Morgan fingerprint density at radius 2 is 2.22 bits per heavy atom. The molecule has 7 nitrogen and oxygen atoms in total. The summed E-state index contributed by atoms with van der Waals surface area (Å²) in [5.41, 5.74) is 0. The molecule has 2 aromatic heterocycles. The molecule has 0 aromatic carbocycles. The molecule has 0 unspecified atom stereocenters. The second kappa shape index (κ2) is 8.85. The summed E-state index contributed by atoms with van der Waals surface area (Å²) in [4.78, 5) is 24.3. The number of imide groups is 1. The molecule has 0 fully saturated rings. The molecule has 0 radical (unpaired) electrons. The zero-order valence-corrected chi connectivity index (χ0v) is 15.0. The number of ether oxygens (including phenoxy) is 1. The molecule has 2 heterocycles. The molecule has 0 aliphatic heterocycles. The molecule has 3 amide bonds. The summed E-state index contributed by atoms with van der Waals surface area (Å²) in [7, 11) is 0. The minimum atomic E-state index is -0.509. The van der Waals surface area contributed by atoms with Crippen molar-refractivity contribution < 1.29 is 14.3 Å². The third-order valence-electron chi connectivity index (χ3n) is 2.31. The largest absolute Gasteiger partial charge is 0.466 e. The molecular weight excluding hydrogens is 356 g/mol. The zero-order chi connectivity index (χ0) is 16.7. The number of nitrogens with zero attached hydrogens (tertiary/aromatic N) is 2. The molecular formula is C13H16N4O3S3. The first-order valence-corrected chi connectivity index (χ1v) is 9.44. The third kappa shape index (κ3) is 6.55. The number of rotatable bonds is 7. The molecule has 0 spiro atoms. The lowest BCUT2D eigenvalue weighted by atomic mass is 10.5. The number of carbonyl (C=O) groups is 2. The maximum Gasteiger partial charge on any atom is 0.321 e. The molecule has 2 N–H and O–H groups in total. The molecule has 0 aliphatic carbocycles. The van der Waals surface area contributed by atoms with Gasteiger partial charge in [-0.3, -0.25) is 10.1 Å². The van der Waals surface area contributed by atoms with Crippen molar-refractivity contribution in [1.82, 2.24) is 20.8 Å². The van der Waals surface area contributed by atoms with Crippen LogP contribution in [0.4, 0.5) is 4.79 Å². The van der Waals surface area contributed by atoms with Crippen LogP contribution in [-0.2, 0) is 11.3 Å². The van der Waals surface area contributed by atoms with Crippen molar-refractivity contribution in [1.29, 1.82) is 0 Å². The van der Waals surface area contributed by atoms with E-state index in [9.17, 15) is 9.59 Å². The Morgan fingerprint density at radius 1 is 1.39 bits per heavy atom. The monoisotopic (exact) mass is 372 g/mol. The second-order valence-corrected chi connectivity index (χ2v) is 7.79. The van der Waals surface area contributed by atoms with E-state index in [0.29, 0.717) is 16.1 Å². The Kier molecular flexibility index (Phi) is 6.81. The van der Waals surface area contributed by atoms with Crippen LogP contribution in [-0.4, -0.2) is 34.0 Å². The van der Waals surface area contributed by atoms with Gasteiger partial charge in [0.2, 0.25) is 5.91 Å². The van der Waals surface area contributed by atoms with E-state index in [1.807, 2.05) is 31.4 Å². The Bertz CT molecular complexity index is 643. The summed E-state index contributed by atoms with van der Waals surface area (Å²) in [6.45, 7) is 4.20. The summed E-state index contributed by atoms with van der Waals surface area (Å²) in [6, 6.07) is 3.31. The van der Waals surface area contributed by atoms with Crippen molar-refractivity contribution in [3.8, 4) is 5.19 Å². The highest BCUT2D eigenvalue weighted by Gasteiger charge is 2.12. The fraction of sp³-hybridized carbons (Fsp3) is 0.385. The van der Waals surface area contributed by atoms with Gasteiger partial charge in [0.1, 0.15) is 0 Å². The Hall–Kier alpha value is -1.65. The van der Waals surface area contributed by atoms with Gasteiger partial charge in [-0.2, -0.15) is 0 Å². The summed E-state index contributed by atoms with van der Waals surface area (Å²) >= 11 is 4.02. The fourth-order valence-corrected chi connectivity index (χ4v) is 3.67. The number of thioether (sulfide) groups is 1. The summed E-state index contributed by atoms with van der Waals surface area (Å²) in [5.74, 6) is -0.303. The van der Waals surface area contributed by atoms with Gasteiger partial charge in [-0.1, -0.05) is 22.9 Å². The first-order valence-electron chi connectivity index (χ1n) is 6.76. The predicted molar refractivity (Wildman–Crippen MR) is 91.1 cm³/mol. The highest BCUT2D eigenvalue weighted by molar-refractivity contribution is 8.01. The van der Waals surface area contributed by atoms with E-state index in [4.69, 9.17) is 4.74 Å². The smallest absolute Gasteiger partial charge is 0.321 e. The van der Waals surface area contributed by atoms with E-state index >= 15 is 0 Å². The molecule has 0 saturated heterocycles. The minimum absolute atomic E-state index is 0.0242. The van der Waals surface area contributed by atoms with E-state index in [2.05, 4.69) is 20.8 Å². The van der Waals surface area contributed by atoms with E-state index < -0.39 is 6.03 Å². The number of thiophene rings is 1. The van der Waals surface area contributed by atoms with Crippen molar-refractivity contribution >= 4 is 46.4 Å². The Balaban J connectivity index is 1.68. The van der Waals surface area contributed by atoms with Gasteiger partial charge >= 0.3 is 6.03 Å². The molecule has 0 bridgehead atoms. The molecule has 2 aromatic rings. The van der Waals surface area contributed by atoms with Gasteiger partial charge in [-0.25, -0.2) is 4.79 Å². The van der Waals surface area contributed by atoms with Gasteiger partial charge in [0, 0.05) is 4.88 Å². The molecule has 10 heteroatoms. The molecule has 0 saturated carbocycles. The quantitative estimate of drug-likeness (QED) is 0.726. The van der Waals surface area contributed by atoms with Crippen molar-refractivity contribution in [3.05, 3.63) is 22.4 Å². The van der Waals surface area contributed by atoms with Gasteiger partial charge in [0.25, 0.3) is 5.19 Å². The van der Waals surface area contributed by atoms with Gasteiger partial charge in [0.15, 0.2) is 4.34 Å². The lowest BCUT2D eigenvalue weighted by Crippen LogP contribution is -2.39. The number of carbonyl (C=O) groups excluding carboxylic acids is 2. The van der Waals surface area contributed by atoms with Crippen LogP contribution in [0.1, 0.15) is 18.7 Å². The van der Waals surface area contributed by atoms with E-state index in [0.717, 1.165) is 4.88 Å². The van der Waals surface area contributed by atoms with Gasteiger partial charge < -0.3 is 10.1 Å². The van der Waals surface area contributed by atoms with Crippen LogP contribution < -0.4 is 15.4 Å². The number of urea groups is 1. The molecule has 0 aliphatic rings. The first kappa shape index (κ1) is 17.7. The predicted octanol–water partition coefficient (Wildman–Crippen LogP) is 2.50. The molecule has 23 heavy (non-hydrogen) atoms. The zero-order valence-electron chi connectivity index (χ0n) is 12.6. The molecule has 124 valence electrons. The first-order chi connectivity index (χ1) is 11.0. The maximum absolute atomic E-state index is 11.7. The van der Waals surface area contributed by atoms with Crippen LogP contribution in [0, 0.1) is 0 Å². The standard InChI is InChI=1S/C13H16N4O3S3/c1-8(2)20-12-16-17-13(23-12)22-7-10(18)15-11(19)14-6-9-4-3-5-21-9/h3-5,8H,6-7H2,1-2H3,(H2,14,15,18,19). The lowest BCUT2D eigenvalue weighted by Gasteiger charge is -2.04. The normalized spacial score (nSPS) is 10.6. The van der Waals surface area contributed by atoms with Crippen LogP contribution in [0.15, 0.2) is 21.9 Å². The van der Waals surface area contributed by atoms with Gasteiger partial charge in [-0.15, -0.1) is 16.4 Å². The van der Waals surface area contributed by atoms with Crippen LogP contribution in [0.3, 0.4) is 0 Å². The summed E-state index contributed by atoms with van der Waals surface area (Å²) in [5, 5.41) is 15.1. The average Bonchev–Trinajstić information content (AvgIpc) is 3.14. The number of hydrogen-bond acceptors (Lipinski definition) is 8. The Morgan fingerprint density at radius 3 is 2.91 bits per heavy atom. The SMILES string of the molecule is CC(C)Oc1nnc(SCC(=O)NC(=O)NCc2cccs2)s1. The fourth-order valence-electron chi connectivity index (χ4n) is 1.42. The van der Waals surface area contributed by atoms with Crippen LogP contribution in [0.2, 0.25) is 0 Å². The summed E-state index contributed by atoms with van der Waals surface area (Å²) in [6.07, 6.45) is 0.0242. The highest BCUT2D eigenvalue weighted by atomic mass is 32.2. The van der Waals surface area contributed by atoms with Crippen LogP contribution >= 0.6 is 34.4 Å². The molecule has 0 atom stereocenters. The van der Waals surface area contributed by atoms with Crippen LogP contribution in [0.25, 0.3) is 0 Å². The lowest BCUT2D eigenvalue weighted by molar-refractivity contribution is -0.117. The van der Waals surface area contributed by atoms with Crippen molar-refractivity contribution in [2.24, 2.45) is 0 Å². The van der Waals surface area contributed by atoms with Crippen molar-refractivity contribution in [3.63, 3.8) is 0 Å². The van der Waals surface area contributed by atoms with E-state index in [-0.39, 0.29) is 17.8 Å². The maximum atomic E-state index is 11.7. The van der Waals surface area contributed by atoms with Gasteiger partial charge in [-0.05, 0) is 36.6 Å². The highest BCUT2D eigenvalue weighted by Crippen LogP contribution is 2.27. The number of aromatic nitrogens is 2. The number of hydrogen-bond donors (Lipinski definition) is 2. The topological polar surface area (TPSA) is 93.2 Å². The van der Waals surface area contributed by atoms with Crippen LogP contribution in [0.5, 0.6) is 5.19 Å². The summed E-state index contributed by atoms with van der Waals surface area (Å²) < 4.78 is 6.02. The number of nitrogens with one attached hydrogen (secondary N) is 2. The van der Waals surface area contributed by atoms with Crippen molar-refractivity contribution in [2.75, 3.05) is 5.75 Å². The average molecular weight is 372 g/mol. The number of amides is 3. The molecule has 2 rings (SSSR count). The third-order valence-corrected chi connectivity index (χ3v) is 5.13. The van der Waals surface area contributed by atoms with E-state index in [1.165, 1.54) is 23.1 Å². The van der Waals surface area contributed by atoms with Gasteiger partial charge in [0.05, 0.1) is 18.4 Å². The second-order valence-electron chi connectivity index (χ2n) is 4.60. The minimum Gasteiger partial charge on any atom is -0.466 e. The Labute approximate surface area is 145 Å². The van der Waals surface area contributed by atoms with E-state index in [1.54, 1.807) is 11.3 Å².